The minimum atomic E-state index is -3.55. The first-order chi connectivity index (χ1) is 16.3. The van der Waals surface area contributed by atoms with E-state index in [1.54, 1.807) is 23.6 Å². The van der Waals surface area contributed by atoms with Crippen LogP contribution in [0.4, 0.5) is 0 Å². The van der Waals surface area contributed by atoms with Crippen LogP contribution in [0.5, 0.6) is 11.5 Å². The monoisotopic (exact) mass is 524 g/mol. The molecule has 3 aromatic rings. The van der Waals surface area contributed by atoms with Crippen LogP contribution < -0.4 is 14.3 Å². The molecule has 0 saturated heterocycles. The maximum Gasteiger partial charge on any atom is 0.326 e. The molecule has 4 rings (SSSR count). The van der Waals surface area contributed by atoms with Crippen molar-refractivity contribution in [3.63, 3.8) is 0 Å². The summed E-state index contributed by atoms with van der Waals surface area (Å²) in [6.45, 7) is 1.91. The fourth-order valence-corrected chi connectivity index (χ4v) is 5.86. The molecule has 0 fully saturated rings. The van der Waals surface area contributed by atoms with Crippen LogP contribution in [0.2, 0.25) is 5.02 Å². The lowest BCUT2D eigenvalue weighted by atomic mass is 10.3. The highest BCUT2D eigenvalue weighted by molar-refractivity contribution is 7.91. The molecule has 34 heavy (non-hydrogen) atoms. The average Bonchev–Trinajstić information content (AvgIpc) is 3.36. The van der Waals surface area contributed by atoms with Crippen molar-refractivity contribution in [2.24, 2.45) is 4.99 Å². The van der Waals surface area contributed by atoms with Crippen LogP contribution in [0.3, 0.4) is 0 Å². The van der Waals surface area contributed by atoms with Gasteiger partial charge in [0.25, 0.3) is 0 Å². The molecule has 0 bridgehead atoms. The van der Waals surface area contributed by atoms with Crippen molar-refractivity contribution in [2.75, 3.05) is 19.2 Å². The van der Waals surface area contributed by atoms with Crippen molar-refractivity contribution in [3.8, 4) is 11.5 Å². The topological polar surface area (TPSA) is 113 Å². The SMILES string of the molecule is CCOC(=O)Cn1c(=NC(=O)CCCS(=O)(=O)c2ccc(Cl)cc2)sc2cc3c(cc21)OCO3. The normalized spacial score (nSPS) is 13.4. The van der Waals surface area contributed by atoms with Crippen LogP contribution in [0, 0.1) is 0 Å². The molecule has 180 valence electrons. The smallest absolute Gasteiger partial charge is 0.326 e. The van der Waals surface area contributed by atoms with E-state index in [1.165, 1.54) is 35.6 Å². The van der Waals surface area contributed by atoms with E-state index in [9.17, 15) is 18.0 Å². The van der Waals surface area contributed by atoms with E-state index in [2.05, 4.69) is 4.99 Å². The first-order valence-corrected chi connectivity index (χ1v) is 13.3. The second-order valence-corrected chi connectivity index (χ2v) is 10.9. The number of nitrogens with zero attached hydrogens (tertiary/aromatic N) is 2. The van der Waals surface area contributed by atoms with Gasteiger partial charge in [0.05, 0.1) is 27.5 Å². The molecule has 0 unspecified atom stereocenters. The molecule has 0 atom stereocenters. The number of esters is 1. The summed E-state index contributed by atoms with van der Waals surface area (Å²) in [5, 5.41) is 0.440. The Morgan fingerprint density at radius 3 is 2.59 bits per heavy atom. The van der Waals surface area contributed by atoms with E-state index in [0.717, 1.165) is 4.70 Å². The number of hydrogen-bond donors (Lipinski definition) is 0. The molecule has 0 N–H and O–H groups in total. The molecule has 1 aliphatic rings. The molecule has 0 aliphatic carbocycles. The third-order valence-electron chi connectivity index (χ3n) is 4.97. The lowest BCUT2D eigenvalue weighted by Crippen LogP contribution is -2.23. The maximum atomic E-state index is 12.6. The van der Waals surface area contributed by atoms with Crippen LogP contribution in [-0.4, -0.2) is 44.0 Å². The van der Waals surface area contributed by atoms with Gasteiger partial charge in [0.2, 0.25) is 12.7 Å². The molecule has 1 aliphatic heterocycles. The lowest BCUT2D eigenvalue weighted by molar-refractivity contribution is -0.143. The number of thiazole rings is 1. The van der Waals surface area contributed by atoms with E-state index in [-0.39, 0.29) is 43.4 Å². The first kappa shape index (κ1) is 24.2. The number of benzene rings is 2. The second kappa shape index (κ2) is 10.2. The first-order valence-electron chi connectivity index (χ1n) is 10.4. The highest BCUT2D eigenvalue weighted by atomic mass is 35.5. The number of fused-ring (bicyclic) bond motifs is 2. The zero-order valence-corrected chi connectivity index (χ0v) is 20.5. The van der Waals surface area contributed by atoms with Crippen molar-refractivity contribution >= 4 is 54.9 Å². The van der Waals surface area contributed by atoms with Gasteiger partial charge in [0, 0.05) is 23.6 Å². The van der Waals surface area contributed by atoms with Gasteiger partial charge in [-0.25, -0.2) is 8.42 Å². The molecule has 12 heteroatoms. The Kier molecular flexibility index (Phi) is 7.24. The number of amides is 1. The van der Waals surface area contributed by atoms with Crippen LogP contribution in [0.15, 0.2) is 46.3 Å². The minimum absolute atomic E-state index is 0.0663. The van der Waals surface area contributed by atoms with Gasteiger partial charge < -0.3 is 18.8 Å². The number of ether oxygens (including phenoxy) is 3. The summed E-state index contributed by atoms with van der Waals surface area (Å²) < 4.78 is 43.2. The van der Waals surface area contributed by atoms with E-state index in [1.807, 2.05) is 0 Å². The number of sulfone groups is 1. The molecule has 9 nitrogen and oxygen atoms in total. The Labute approximate surface area is 204 Å². The van der Waals surface area contributed by atoms with Crippen molar-refractivity contribution in [1.82, 2.24) is 4.57 Å². The molecular formula is C22H21ClN2O7S2. The van der Waals surface area contributed by atoms with Gasteiger partial charge >= 0.3 is 5.97 Å². The Morgan fingerprint density at radius 2 is 1.88 bits per heavy atom. The lowest BCUT2D eigenvalue weighted by Gasteiger charge is -2.06. The fraction of sp³-hybridized carbons (Fsp3) is 0.318. The van der Waals surface area contributed by atoms with Gasteiger partial charge in [-0.1, -0.05) is 22.9 Å². The average molecular weight is 525 g/mol. The Hall–Kier alpha value is -2.89. The van der Waals surface area contributed by atoms with Gasteiger partial charge in [-0.15, -0.1) is 0 Å². The van der Waals surface area contributed by atoms with Crippen molar-refractivity contribution < 1.29 is 32.2 Å². The predicted molar refractivity (Wildman–Crippen MR) is 126 cm³/mol. The van der Waals surface area contributed by atoms with Crippen molar-refractivity contribution in [2.45, 2.75) is 31.2 Å². The van der Waals surface area contributed by atoms with Crippen LogP contribution in [-0.2, 0) is 30.7 Å². The molecule has 2 aromatic carbocycles. The fourth-order valence-electron chi connectivity index (χ4n) is 3.37. The van der Waals surface area contributed by atoms with Gasteiger partial charge in [0.15, 0.2) is 26.1 Å². The number of rotatable bonds is 8. The Morgan fingerprint density at radius 1 is 1.18 bits per heavy atom. The largest absolute Gasteiger partial charge is 0.465 e. The summed E-state index contributed by atoms with van der Waals surface area (Å²) in [6.07, 6.45) is 0.0369. The molecule has 0 saturated carbocycles. The molecular weight excluding hydrogens is 504 g/mol. The van der Waals surface area contributed by atoms with Gasteiger partial charge in [0.1, 0.15) is 6.54 Å². The summed E-state index contributed by atoms with van der Waals surface area (Å²) in [4.78, 5) is 29.3. The number of aromatic nitrogens is 1. The summed E-state index contributed by atoms with van der Waals surface area (Å²) >= 11 is 7.03. The van der Waals surface area contributed by atoms with Crippen molar-refractivity contribution in [1.29, 1.82) is 0 Å². The summed E-state index contributed by atoms with van der Waals surface area (Å²) in [5.41, 5.74) is 0.652. The zero-order chi connectivity index (χ0) is 24.3. The van der Waals surface area contributed by atoms with Crippen LogP contribution in [0.25, 0.3) is 10.2 Å². The van der Waals surface area contributed by atoms with Gasteiger partial charge in [-0.3, -0.25) is 9.59 Å². The third kappa shape index (κ3) is 5.43. The van der Waals surface area contributed by atoms with E-state index in [0.29, 0.717) is 26.8 Å². The van der Waals surface area contributed by atoms with E-state index >= 15 is 0 Å². The van der Waals surface area contributed by atoms with E-state index in [4.69, 9.17) is 25.8 Å². The zero-order valence-electron chi connectivity index (χ0n) is 18.2. The second-order valence-electron chi connectivity index (χ2n) is 7.33. The quantitative estimate of drug-likeness (QED) is 0.415. The molecule has 2 heterocycles. The Balaban J connectivity index is 1.55. The summed E-state index contributed by atoms with van der Waals surface area (Å²) in [5.74, 6) is -0.0548. The third-order valence-corrected chi connectivity index (χ3v) is 8.08. The summed E-state index contributed by atoms with van der Waals surface area (Å²) in [6, 6.07) is 9.38. The molecule has 0 spiro atoms. The standard InChI is InChI=1S/C22H21ClN2O7S2/c1-2-30-21(27)12-25-16-10-17-18(32-13-31-17)11-19(16)33-22(25)24-20(26)4-3-9-34(28,29)15-7-5-14(23)6-8-15/h5-8,10-11H,2-4,9,12-13H2,1H3. The predicted octanol–water partition coefficient (Wildman–Crippen LogP) is 3.33. The van der Waals surface area contributed by atoms with Crippen molar-refractivity contribution in [3.05, 3.63) is 46.2 Å². The molecule has 1 aromatic heterocycles. The van der Waals surface area contributed by atoms with Gasteiger partial charge in [-0.05, 0) is 37.6 Å². The number of hydrogen-bond acceptors (Lipinski definition) is 8. The number of halogens is 1. The highest BCUT2D eigenvalue weighted by Gasteiger charge is 2.20. The highest BCUT2D eigenvalue weighted by Crippen LogP contribution is 2.37. The summed E-state index contributed by atoms with van der Waals surface area (Å²) in [7, 11) is -3.55. The van der Waals surface area contributed by atoms with Gasteiger partial charge in [-0.2, -0.15) is 4.99 Å². The van der Waals surface area contributed by atoms with Crippen LogP contribution >= 0.6 is 22.9 Å². The molecule has 1 amide bonds. The maximum absolute atomic E-state index is 12.6. The van der Waals surface area contributed by atoms with Crippen LogP contribution in [0.1, 0.15) is 19.8 Å². The molecule has 0 radical (unpaired) electrons. The minimum Gasteiger partial charge on any atom is -0.465 e. The number of carbonyl (C=O) groups is 2. The van der Waals surface area contributed by atoms with E-state index < -0.39 is 21.7 Å². The number of carbonyl (C=O) groups excluding carboxylic acids is 2. The Bertz CT molecular complexity index is 1410.